The third-order valence-electron chi connectivity index (χ3n) is 4.16. The number of methoxy groups -OCH3 is 1. The number of hydrogen-bond acceptors (Lipinski definition) is 4. The van der Waals surface area contributed by atoms with Crippen LogP contribution in [0.5, 0.6) is 5.75 Å². The summed E-state index contributed by atoms with van der Waals surface area (Å²) in [6.07, 6.45) is 0.0307. The van der Waals surface area contributed by atoms with Crippen molar-refractivity contribution in [2.75, 3.05) is 7.11 Å². The van der Waals surface area contributed by atoms with Crippen LogP contribution < -0.4 is 0 Å². The molecule has 6 heteroatoms. The number of esters is 1. The maximum absolute atomic E-state index is 13.0. The second-order valence-electron chi connectivity index (χ2n) is 5.67. The molecule has 25 heavy (non-hydrogen) atoms. The van der Waals surface area contributed by atoms with Gasteiger partial charge in [-0.15, -0.1) is 0 Å². The number of carbonyl (C=O) groups is 2. The highest BCUT2D eigenvalue weighted by Gasteiger charge is 2.22. The molecule has 0 fully saturated rings. The molecule has 128 valence electrons. The largest absolute Gasteiger partial charge is 0.508 e. The molecule has 0 saturated carbocycles. The molecule has 0 aliphatic carbocycles. The van der Waals surface area contributed by atoms with Gasteiger partial charge in [0.1, 0.15) is 5.75 Å². The average Bonchev–Trinajstić information content (AvgIpc) is 2.86. The summed E-state index contributed by atoms with van der Waals surface area (Å²) in [6.45, 7) is 1.78. The minimum atomic E-state index is -0.401. The van der Waals surface area contributed by atoms with E-state index in [1.165, 1.54) is 13.2 Å². The van der Waals surface area contributed by atoms with E-state index in [1.54, 1.807) is 47.9 Å². The molecule has 2 aromatic carbocycles. The van der Waals surface area contributed by atoms with E-state index in [4.69, 9.17) is 4.74 Å². The Hall–Kier alpha value is -2.60. The fraction of sp³-hybridized carbons (Fsp3) is 0.158. The zero-order valence-corrected chi connectivity index (χ0v) is 15.3. The van der Waals surface area contributed by atoms with Gasteiger partial charge in [0.2, 0.25) is 0 Å². The molecule has 0 bridgehead atoms. The summed E-state index contributed by atoms with van der Waals surface area (Å²) in [5.74, 6) is -0.523. The van der Waals surface area contributed by atoms with Gasteiger partial charge < -0.3 is 9.84 Å². The van der Waals surface area contributed by atoms with Crippen molar-refractivity contribution < 1.29 is 19.4 Å². The van der Waals surface area contributed by atoms with Crippen LogP contribution in [0.15, 0.2) is 46.9 Å². The first-order valence-electron chi connectivity index (χ1n) is 7.62. The highest BCUT2D eigenvalue weighted by Crippen LogP contribution is 2.30. The molecule has 0 aliphatic heterocycles. The number of fused-ring (bicyclic) bond motifs is 1. The molecule has 0 unspecified atom stereocenters. The zero-order valence-electron chi connectivity index (χ0n) is 13.7. The van der Waals surface area contributed by atoms with Gasteiger partial charge in [0.15, 0.2) is 0 Å². The van der Waals surface area contributed by atoms with Crippen LogP contribution in [0.1, 0.15) is 21.6 Å². The highest BCUT2D eigenvalue weighted by molar-refractivity contribution is 9.10. The summed E-state index contributed by atoms with van der Waals surface area (Å²) in [5, 5.41) is 10.5. The van der Waals surface area contributed by atoms with Gasteiger partial charge in [-0.05, 0) is 55.0 Å². The smallest absolute Gasteiger partial charge is 0.310 e. The molecule has 3 aromatic rings. The number of carbonyl (C=O) groups excluding carboxylic acids is 2. The highest BCUT2D eigenvalue weighted by atomic mass is 79.9. The van der Waals surface area contributed by atoms with Crippen molar-refractivity contribution in [1.29, 1.82) is 0 Å². The molecular formula is C19H16BrNO4. The second-order valence-corrected chi connectivity index (χ2v) is 6.58. The Morgan fingerprint density at radius 3 is 2.48 bits per heavy atom. The molecule has 5 nitrogen and oxygen atoms in total. The minimum absolute atomic E-state index is 0.0307. The number of halogens is 1. The van der Waals surface area contributed by atoms with E-state index in [2.05, 4.69) is 15.9 Å². The summed E-state index contributed by atoms with van der Waals surface area (Å²) >= 11 is 3.35. The Morgan fingerprint density at radius 1 is 1.16 bits per heavy atom. The van der Waals surface area contributed by atoms with Gasteiger partial charge in [0.05, 0.1) is 19.0 Å². The Kier molecular flexibility index (Phi) is 4.63. The van der Waals surface area contributed by atoms with Gasteiger partial charge in [-0.25, -0.2) is 0 Å². The van der Waals surface area contributed by atoms with Crippen molar-refractivity contribution >= 4 is 38.7 Å². The van der Waals surface area contributed by atoms with Crippen LogP contribution in [-0.2, 0) is 16.0 Å². The van der Waals surface area contributed by atoms with E-state index >= 15 is 0 Å². The normalized spacial score (nSPS) is 10.8. The number of hydrogen-bond donors (Lipinski definition) is 1. The fourth-order valence-electron chi connectivity index (χ4n) is 2.89. The fourth-order valence-corrected chi connectivity index (χ4v) is 3.16. The standard InChI is InChI=1S/C19H16BrNO4/c1-11-15(10-18(23)25-2)16-9-14(22)7-8-17(16)21(11)19(24)12-3-5-13(20)6-4-12/h3-9,22H,10H2,1-2H3. The Balaban J connectivity index is 2.21. The number of phenols is 1. The number of aromatic nitrogens is 1. The molecule has 1 aromatic heterocycles. The SMILES string of the molecule is COC(=O)Cc1c(C)n(C(=O)c2ccc(Br)cc2)c2ccc(O)cc12. The van der Waals surface area contributed by atoms with Crippen molar-refractivity contribution in [3.8, 4) is 5.75 Å². The van der Waals surface area contributed by atoms with Crippen LogP contribution in [0.3, 0.4) is 0 Å². The topological polar surface area (TPSA) is 68.5 Å². The van der Waals surface area contributed by atoms with Crippen LogP contribution in [0.25, 0.3) is 10.9 Å². The summed E-state index contributed by atoms with van der Waals surface area (Å²) in [5.41, 5.74) is 2.49. The van der Waals surface area contributed by atoms with Crippen molar-refractivity contribution in [1.82, 2.24) is 4.57 Å². The lowest BCUT2D eigenvalue weighted by molar-refractivity contribution is -0.139. The van der Waals surface area contributed by atoms with Crippen LogP contribution in [0.2, 0.25) is 0 Å². The molecule has 0 radical (unpaired) electrons. The predicted octanol–water partition coefficient (Wildman–Crippen LogP) is 3.82. The number of aromatic hydroxyl groups is 1. The lowest BCUT2D eigenvalue weighted by atomic mass is 10.1. The first-order chi connectivity index (χ1) is 11.9. The van der Waals surface area contributed by atoms with Gasteiger partial charge in [0, 0.05) is 21.1 Å². The van der Waals surface area contributed by atoms with Gasteiger partial charge in [-0.1, -0.05) is 15.9 Å². The summed E-state index contributed by atoms with van der Waals surface area (Å²) in [7, 11) is 1.32. The van der Waals surface area contributed by atoms with Gasteiger partial charge >= 0.3 is 5.97 Å². The van der Waals surface area contributed by atoms with E-state index < -0.39 is 5.97 Å². The Labute approximate surface area is 153 Å². The molecular weight excluding hydrogens is 386 g/mol. The lowest BCUT2D eigenvalue weighted by Crippen LogP contribution is -2.14. The lowest BCUT2D eigenvalue weighted by Gasteiger charge is -2.08. The number of nitrogens with zero attached hydrogens (tertiary/aromatic N) is 1. The quantitative estimate of drug-likeness (QED) is 0.677. The average molecular weight is 402 g/mol. The van der Waals surface area contributed by atoms with Crippen molar-refractivity contribution in [3.63, 3.8) is 0 Å². The number of ether oxygens (including phenoxy) is 1. The van der Waals surface area contributed by atoms with E-state index in [0.717, 1.165) is 4.47 Å². The molecule has 0 aliphatic rings. The molecule has 0 amide bonds. The number of rotatable bonds is 3. The molecule has 0 spiro atoms. The third kappa shape index (κ3) is 3.17. The number of phenolic OH excluding ortho intramolecular Hbond substituents is 1. The van der Waals surface area contributed by atoms with E-state index in [0.29, 0.717) is 27.7 Å². The molecule has 3 rings (SSSR count). The Morgan fingerprint density at radius 2 is 1.84 bits per heavy atom. The van der Waals surface area contributed by atoms with Crippen LogP contribution in [0.4, 0.5) is 0 Å². The molecule has 1 N–H and O–H groups in total. The number of benzene rings is 2. The second kappa shape index (κ2) is 6.72. The van der Waals surface area contributed by atoms with E-state index in [1.807, 2.05) is 0 Å². The van der Waals surface area contributed by atoms with Gasteiger partial charge in [0.25, 0.3) is 5.91 Å². The summed E-state index contributed by atoms with van der Waals surface area (Å²) < 4.78 is 7.20. The first kappa shape index (κ1) is 17.2. The predicted molar refractivity (Wildman–Crippen MR) is 97.9 cm³/mol. The maximum Gasteiger partial charge on any atom is 0.310 e. The van der Waals surface area contributed by atoms with Crippen molar-refractivity contribution in [3.05, 3.63) is 63.8 Å². The van der Waals surface area contributed by atoms with Crippen LogP contribution in [-0.4, -0.2) is 28.7 Å². The Bertz CT molecular complexity index is 973. The monoisotopic (exact) mass is 401 g/mol. The maximum atomic E-state index is 13.0. The van der Waals surface area contributed by atoms with E-state index in [9.17, 15) is 14.7 Å². The van der Waals surface area contributed by atoms with Crippen LogP contribution in [0, 0.1) is 6.92 Å². The summed E-state index contributed by atoms with van der Waals surface area (Å²) in [6, 6.07) is 11.8. The van der Waals surface area contributed by atoms with Crippen LogP contribution >= 0.6 is 15.9 Å². The van der Waals surface area contributed by atoms with E-state index in [-0.39, 0.29) is 18.1 Å². The zero-order chi connectivity index (χ0) is 18.1. The minimum Gasteiger partial charge on any atom is -0.508 e. The third-order valence-corrected chi connectivity index (χ3v) is 4.69. The summed E-state index contributed by atoms with van der Waals surface area (Å²) in [4.78, 5) is 24.8. The van der Waals surface area contributed by atoms with Gasteiger partial charge in [-0.2, -0.15) is 0 Å². The molecule has 1 heterocycles. The van der Waals surface area contributed by atoms with Crippen molar-refractivity contribution in [2.24, 2.45) is 0 Å². The molecule has 0 saturated heterocycles. The first-order valence-corrected chi connectivity index (χ1v) is 8.41. The van der Waals surface area contributed by atoms with Crippen molar-refractivity contribution in [2.45, 2.75) is 13.3 Å². The van der Waals surface area contributed by atoms with Gasteiger partial charge in [-0.3, -0.25) is 14.2 Å². The molecule has 0 atom stereocenters.